The number of carbonyl (C=O) groups excluding carboxylic acids is 2. The highest BCUT2D eigenvalue weighted by atomic mass is 16.5. The number of likely N-dealkylation sites (N-methyl/N-ethyl adjacent to an activating group) is 1. The largest absolute Gasteiger partial charge is 0.496 e. The van der Waals surface area contributed by atoms with Gasteiger partial charge in [0.1, 0.15) is 17.3 Å². The van der Waals surface area contributed by atoms with Crippen LogP contribution in [0.3, 0.4) is 0 Å². The van der Waals surface area contributed by atoms with Crippen LogP contribution in [0.15, 0.2) is 48.5 Å². The molecule has 0 saturated carbocycles. The fraction of sp³-hybridized carbons (Fsp3) is 0.318. The lowest BCUT2D eigenvalue weighted by Crippen LogP contribution is -2.69. The van der Waals surface area contributed by atoms with Gasteiger partial charge in [0.25, 0.3) is 0 Å². The van der Waals surface area contributed by atoms with Crippen LogP contribution in [0.25, 0.3) is 0 Å². The Balaban J connectivity index is 1.87. The highest BCUT2D eigenvalue weighted by Gasteiger charge is 2.46. The number of hydrogen-bond donors (Lipinski definition) is 1. The lowest BCUT2D eigenvalue weighted by atomic mass is 9.86. The third-order valence-electron chi connectivity index (χ3n) is 5.23. The van der Waals surface area contributed by atoms with Crippen LogP contribution in [0.4, 0.5) is 0 Å². The van der Waals surface area contributed by atoms with Crippen LogP contribution >= 0.6 is 0 Å². The van der Waals surface area contributed by atoms with E-state index >= 15 is 0 Å². The predicted octanol–water partition coefficient (Wildman–Crippen LogP) is 2.07. The summed E-state index contributed by atoms with van der Waals surface area (Å²) < 4.78 is 5.36. The Hall–Kier alpha value is -3.33. The average molecular weight is 377 g/mol. The Morgan fingerprint density at radius 2 is 1.89 bits per heavy atom. The molecule has 0 bridgehead atoms. The quantitative estimate of drug-likeness (QED) is 0.865. The fourth-order valence-electron chi connectivity index (χ4n) is 3.73. The van der Waals surface area contributed by atoms with Crippen molar-refractivity contribution in [3.63, 3.8) is 0 Å². The van der Waals surface area contributed by atoms with Crippen LogP contribution in [-0.2, 0) is 22.4 Å². The summed E-state index contributed by atoms with van der Waals surface area (Å²) in [5.41, 5.74) is 1.02. The first-order chi connectivity index (χ1) is 13.4. The van der Waals surface area contributed by atoms with Gasteiger partial charge in [0.15, 0.2) is 0 Å². The van der Waals surface area contributed by atoms with Gasteiger partial charge in [-0.05, 0) is 24.6 Å². The van der Waals surface area contributed by atoms with E-state index in [1.54, 1.807) is 32.2 Å². The van der Waals surface area contributed by atoms with Crippen molar-refractivity contribution in [2.75, 3.05) is 14.2 Å². The summed E-state index contributed by atoms with van der Waals surface area (Å²) >= 11 is 0. The van der Waals surface area contributed by atoms with Gasteiger partial charge < -0.3 is 15.0 Å². The second-order valence-corrected chi connectivity index (χ2v) is 7.22. The number of nitrogens with one attached hydrogen (secondary N) is 1. The molecule has 2 aromatic rings. The van der Waals surface area contributed by atoms with E-state index in [0.717, 1.165) is 5.56 Å². The summed E-state index contributed by atoms with van der Waals surface area (Å²) in [6, 6.07) is 16.2. The van der Waals surface area contributed by atoms with Gasteiger partial charge in [-0.1, -0.05) is 36.4 Å². The first-order valence-electron chi connectivity index (χ1n) is 9.09. The van der Waals surface area contributed by atoms with Gasteiger partial charge in [-0.25, -0.2) is 0 Å². The molecule has 6 heteroatoms. The van der Waals surface area contributed by atoms with Crippen molar-refractivity contribution in [1.29, 1.82) is 5.26 Å². The van der Waals surface area contributed by atoms with E-state index in [0.29, 0.717) is 23.3 Å². The predicted molar refractivity (Wildman–Crippen MR) is 105 cm³/mol. The first kappa shape index (κ1) is 19.4. The molecule has 1 fully saturated rings. The highest BCUT2D eigenvalue weighted by molar-refractivity contribution is 5.99. The second-order valence-electron chi connectivity index (χ2n) is 7.22. The van der Waals surface area contributed by atoms with Crippen molar-refractivity contribution in [3.8, 4) is 11.8 Å². The number of ether oxygens (including phenoxy) is 1. The van der Waals surface area contributed by atoms with E-state index in [1.807, 2.05) is 30.3 Å². The lowest BCUT2D eigenvalue weighted by Gasteiger charge is -2.43. The van der Waals surface area contributed by atoms with Crippen LogP contribution in [0.5, 0.6) is 5.75 Å². The number of nitriles is 1. The third-order valence-corrected chi connectivity index (χ3v) is 5.23. The molecule has 28 heavy (non-hydrogen) atoms. The summed E-state index contributed by atoms with van der Waals surface area (Å²) in [7, 11) is 3.16. The topological polar surface area (TPSA) is 82.4 Å². The third kappa shape index (κ3) is 3.56. The van der Waals surface area contributed by atoms with Crippen LogP contribution in [-0.4, -0.2) is 42.5 Å². The summed E-state index contributed by atoms with van der Waals surface area (Å²) in [4.78, 5) is 27.5. The summed E-state index contributed by atoms with van der Waals surface area (Å²) in [5.74, 6) is 0.134. The van der Waals surface area contributed by atoms with E-state index in [2.05, 4.69) is 11.4 Å². The molecule has 2 amide bonds. The van der Waals surface area contributed by atoms with Crippen LogP contribution in [0, 0.1) is 11.3 Å². The van der Waals surface area contributed by atoms with Gasteiger partial charge in [-0.3, -0.25) is 9.59 Å². The van der Waals surface area contributed by atoms with Crippen molar-refractivity contribution in [3.05, 3.63) is 65.2 Å². The number of benzene rings is 2. The summed E-state index contributed by atoms with van der Waals surface area (Å²) in [6.07, 6.45) is 0.621. The van der Waals surface area contributed by atoms with E-state index < -0.39 is 11.6 Å². The first-order valence-corrected chi connectivity index (χ1v) is 9.09. The maximum Gasteiger partial charge on any atom is 0.248 e. The van der Waals surface area contributed by atoms with Gasteiger partial charge in [0, 0.05) is 25.5 Å². The summed E-state index contributed by atoms with van der Waals surface area (Å²) in [6.45, 7) is 1.75. The van der Waals surface area contributed by atoms with Crippen molar-refractivity contribution < 1.29 is 14.3 Å². The van der Waals surface area contributed by atoms with Crippen LogP contribution < -0.4 is 10.1 Å². The van der Waals surface area contributed by atoms with Gasteiger partial charge in [-0.2, -0.15) is 5.26 Å². The number of rotatable bonds is 5. The molecule has 3 rings (SSSR count). The molecule has 1 N–H and O–H groups in total. The Bertz CT molecular complexity index is 936. The molecule has 6 nitrogen and oxygen atoms in total. The van der Waals surface area contributed by atoms with E-state index in [9.17, 15) is 14.9 Å². The molecule has 2 atom stereocenters. The Morgan fingerprint density at radius 1 is 1.18 bits per heavy atom. The number of piperazine rings is 1. The van der Waals surface area contributed by atoms with Crippen molar-refractivity contribution in [1.82, 2.24) is 10.2 Å². The minimum absolute atomic E-state index is 0.158. The molecule has 0 aromatic heterocycles. The molecule has 1 saturated heterocycles. The molecule has 2 aromatic carbocycles. The molecule has 1 aliphatic heterocycles. The zero-order chi connectivity index (χ0) is 20.3. The fourth-order valence-corrected chi connectivity index (χ4v) is 3.73. The van der Waals surface area contributed by atoms with Crippen LogP contribution in [0.2, 0.25) is 0 Å². The molecule has 0 spiro atoms. The number of nitrogens with zero attached hydrogens (tertiary/aromatic N) is 2. The minimum Gasteiger partial charge on any atom is -0.496 e. The Labute approximate surface area is 164 Å². The molecular weight excluding hydrogens is 354 g/mol. The molecule has 0 radical (unpaired) electrons. The van der Waals surface area contributed by atoms with E-state index in [1.165, 1.54) is 12.0 Å². The van der Waals surface area contributed by atoms with Crippen LogP contribution in [0.1, 0.15) is 23.6 Å². The highest BCUT2D eigenvalue weighted by Crippen LogP contribution is 2.28. The molecule has 1 heterocycles. The van der Waals surface area contributed by atoms with Crippen molar-refractivity contribution in [2.24, 2.45) is 0 Å². The van der Waals surface area contributed by atoms with Gasteiger partial charge >= 0.3 is 0 Å². The normalized spacial score (nSPS) is 21.8. The SMILES string of the molecule is COc1cccc(C#N)c1CC1C(=O)NC(C)(Cc2ccccc2)C(=O)N1C. The second kappa shape index (κ2) is 7.73. The number of amides is 2. The minimum atomic E-state index is -1.01. The number of carbonyl (C=O) groups is 2. The zero-order valence-corrected chi connectivity index (χ0v) is 16.2. The lowest BCUT2D eigenvalue weighted by molar-refractivity contribution is -0.152. The number of hydrogen-bond acceptors (Lipinski definition) is 4. The standard InChI is InChI=1S/C22H23N3O3/c1-22(13-15-8-5-4-6-9-15)21(27)25(2)18(20(26)24-22)12-17-16(14-23)10-7-11-19(17)28-3/h4-11,18H,12-13H2,1-3H3,(H,24,26). The molecule has 1 aliphatic rings. The molecule has 0 aliphatic carbocycles. The molecular formula is C22H23N3O3. The molecule has 2 unspecified atom stereocenters. The van der Waals surface area contributed by atoms with E-state index in [-0.39, 0.29) is 18.2 Å². The monoisotopic (exact) mass is 377 g/mol. The molecule has 144 valence electrons. The van der Waals surface area contributed by atoms with Crippen molar-refractivity contribution >= 4 is 11.8 Å². The van der Waals surface area contributed by atoms with Gasteiger partial charge in [0.2, 0.25) is 11.8 Å². The van der Waals surface area contributed by atoms with Gasteiger partial charge in [0.05, 0.1) is 18.7 Å². The Morgan fingerprint density at radius 3 is 2.54 bits per heavy atom. The average Bonchev–Trinajstić information content (AvgIpc) is 2.70. The summed E-state index contributed by atoms with van der Waals surface area (Å²) in [5, 5.41) is 12.3. The van der Waals surface area contributed by atoms with E-state index in [4.69, 9.17) is 4.74 Å². The van der Waals surface area contributed by atoms with Gasteiger partial charge in [-0.15, -0.1) is 0 Å². The maximum absolute atomic E-state index is 13.1. The van der Waals surface area contributed by atoms with Crippen molar-refractivity contribution in [2.45, 2.75) is 31.3 Å². The number of methoxy groups -OCH3 is 1. The zero-order valence-electron chi connectivity index (χ0n) is 16.2. The Kier molecular flexibility index (Phi) is 5.36. The smallest absolute Gasteiger partial charge is 0.248 e. The maximum atomic E-state index is 13.1.